The van der Waals surface area contributed by atoms with Crippen molar-refractivity contribution in [2.45, 2.75) is 12.3 Å². The predicted octanol–water partition coefficient (Wildman–Crippen LogP) is 1.25. The SMILES string of the molecule is COC(c1ccccc1)C([N+](=O)[O-])[N+](=O)[O-]. The van der Waals surface area contributed by atoms with Crippen LogP contribution >= 0.6 is 0 Å². The van der Waals surface area contributed by atoms with Crippen molar-refractivity contribution < 1.29 is 14.6 Å². The first-order valence-corrected chi connectivity index (χ1v) is 4.42. The molecule has 86 valence electrons. The van der Waals surface area contributed by atoms with Gasteiger partial charge in [-0.05, 0) is 5.56 Å². The summed E-state index contributed by atoms with van der Waals surface area (Å²) in [4.78, 5) is 19.3. The van der Waals surface area contributed by atoms with Gasteiger partial charge in [-0.25, -0.2) is 0 Å². The minimum Gasteiger partial charge on any atom is -0.363 e. The molecule has 7 heteroatoms. The van der Waals surface area contributed by atoms with Gasteiger partial charge in [-0.2, -0.15) is 0 Å². The lowest BCUT2D eigenvalue weighted by Crippen LogP contribution is -2.36. The van der Waals surface area contributed by atoms with Gasteiger partial charge in [-0.3, -0.25) is 20.2 Å². The molecule has 1 aromatic rings. The van der Waals surface area contributed by atoms with E-state index in [1.54, 1.807) is 30.3 Å². The van der Waals surface area contributed by atoms with E-state index >= 15 is 0 Å². The van der Waals surface area contributed by atoms with Crippen molar-refractivity contribution in [3.05, 3.63) is 56.1 Å². The van der Waals surface area contributed by atoms with Crippen LogP contribution in [0.4, 0.5) is 0 Å². The van der Waals surface area contributed by atoms with Crippen LogP contribution in [-0.2, 0) is 4.74 Å². The fourth-order valence-corrected chi connectivity index (χ4v) is 1.37. The van der Waals surface area contributed by atoms with Crippen molar-refractivity contribution in [3.8, 4) is 0 Å². The summed E-state index contributed by atoms with van der Waals surface area (Å²) in [6.07, 6.45) is -3.18. The molecule has 0 fully saturated rings. The average Bonchev–Trinajstić information content (AvgIpc) is 2.25. The van der Waals surface area contributed by atoms with Gasteiger partial charge in [0.2, 0.25) is 6.10 Å². The summed E-state index contributed by atoms with van der Waals surface area (Å²) in [6.45, 7) is 0. The number of nitro groups is 2. The highest BCUT2D eigenvalue weighted by Gasteiger charge is 2.43. The molecule has 0 aliphatic rings. The lowest BCUT2D eigenvalue weighted by atomic mass is 10.1. The van der Waals surface area contributed by atoms with E-state index in [-0.39, 0.29) is 0 Å². The molecule has 0 saturated carbocycles. The summed E-state index contributed by atoms with van der Waals surface area (Å²) in [5.41, 5.74) is 0.406. The van der Waals surface area contributed by atoms with Gasteiger partial charge < -0.3 is 4.74 Å². The Morgan fingerprint density at radius 1 is 1.12 bits per heavy atom. The van der Waals surface area contributed by atoms with Crippen LogP contribution in [0.5, 0.6) is 0 Å². The van der Waals surface area contributed by atoms with Gasteiger partial charge in [0.25, 0.3) is 0 Å². The van der Waals surface area contributed by atoms with Crippen molar-refractivity contribution in [2.75, 3.05) is 7.11 Å². The highest BCUT2D eigenvalue weighted by Crippen LogP contribution is 2.22. The summed E-state index contributed by atoms with van der Waals surface area (Å²) in [5.74, 6) is 0. The van der Waals surface area contributed by atoms with Gasteiger partial charge in [-0.15, -0.1) is 0 Å². The molecule has 0 aromatic heterocycles. The standard InChI is InChI=1S/C9H10N2O5/c1-16-8(7-5-3-2-4-6-7)9(10(12)13)11(14)15/h2-6,8-9H,1H3. The van der Waals surface area contributed by atoms with Crippen LogP contribution in [0.2, 0.25) is 0 Å². The van der Waals surface area contributed by atoms with Crippen LogP contribution in [-0.4, -0.2) is 23.1 Å². The summed E-state index contributed by atoms with van der Waals surface area (Å²) in [7, 11) is 1.21. The first kappa shape index (κ1) is 12.1. The molecule has 0 bridgehead atoms. The lowest BCUT2D eigenvalue weighted by molar-refractivity contribution is -0.753. The van der Waals surface area contributed by atoms with Crippen molar-refractivity contribution in [2.24, 2.45) is 0 Å². The minimum absolute atomic E-state index is 0.406. The van der Waals surface area contributed by atoms with E-state index in [0.717, 1.165) is 0 Å². The van der Waals surface area contributed by atoms with E-state index in [1.165, 1.54) is 7.11 Å². The molecule has 16 heavy (non-hydrogen) atoms. The van der Waals surface area contributed by atoms with Gasteiger partial charge in [0, 0.05) is 7.11 Å². The molecule has 0 amide bonds. The fraction of sp³-hybridized carbons (Fsp3) is 0.333. The molecule has 0 radical (unpaired) electrons. The third kappa shape index (κ3) is 2.51. The number of hydrogen-bond acceptors (Lipinski definition) is 5. The van der Waals surface area contributed by atoms with Crippen molar-refractivity contribution in [1.29, 1.82) is 0 Å². The van der Waals surface area contributed by atoms with E-state index in [1.807, 2.05) is 0 Å². The molecular formula is C9H10N2O5. The Bertz CT molecular complexity index is 367. The van der Waals surface area contributed by atoms with E-state index < -0.39 is 22.1 Å². The first-order chi connectivity index (χ1) is 7.57. The molecule has 1 aromatic carbocycles. The zero-order valence-corrected chi connectivity index (χ0v) is 8.48. The van der Waals surface area contributed by atoms with Crippen LogP contribution < -0.4 is 0 Å². The van der Waals surface area contributed by atoms with Crippen molar-refractivity contribution in [1.82, 2.24) is 0 Å². The molecule has 0 N–H and O–H groups in total. The highest BCUT2D eigenvalue weighted by molar-refractivity contribution is 5.18. The maximum atomic E-state index is 10.6. The van der Waals surface area contributed by atoms with Crippen LogP contribution in [0.15, 0.2) is 30.3 Å². The Hall–Kier alpha value is -2.02. The second-order valence-electron chi connectivity index (χ2n) is 3.05. The summed E-state index contributed by atoms with van der Waals surface area (Å²) >= 11 is 0. The summed E-state index contributed by atoms with van der Waals surface area (Å²) in [6, 6.07) is 8.09. The second kappa shape index (κ2) is 5.17. The highest BCUT2D eigenvalue weighted by atomic mass is 16.7. The number of ether oxygens (including phenoxy) is 1. The molecule has 1 unspecified atom stereocenters. The zero-order chi connectivity index (χ0) is 12.1. The topological polar surface area (TPSA) is 95.5 Å². The quantitative estimate of drug-likeness (QED) is 0.427. The van der Waals surface area contributed by atoms with Crippen molar-refractivity contribution in [3.63, 3.8) is 0 Å². The van der Waals surface area contributed by atoms with Crippen LogP contribution in [0.1, 0.15) is 11.7 Å². The number of benzene rings is 1. The van der Waals surface area contributed by atoms with E-state index in [2.05, 4.69) is 0 Å². The van der Waals surface area contributed by atoms with Gasteiger partial charge in [0.15, 0.2) is 0 Å². The van der Waals surface area contributed by atoms with Crippen LogP contribution in [0, 0.1) is 20.2 Å². The normalized spacial score (nSPS) is 12.4. The largest absolute Gasteiger partial charge is 0.479 e. The van der Waals surface area contributed by atoms with Gasteiger partial charge in [0.05, 0.1) is 9.85 Å². The van der Waals surface area contributed by atoms with E-state index in [0.29, 0.717) is 5.56 Å². The lowest BCUT2D eigenvalue weighted by Gasteiger charge is -2.13. The fourth-order valence-electron chi connectivity index (χ4n) is 1.37. The predicted molar refractivity (Wildman–Crippen MR) is 54.0 cm³/mol. The molecule has 1 atom stereocenters. The Morgan fingerprint density at radius 2 is 1.62 bits per heavy atom. The third-order valence-electron chi connectivity index (χ3n) is 2.08. The Balaban J connectivity index is 3.05. The Morgan fingerprint density at radius 3 is 2.00 bits per heavy atom. The monoisotopic (exact) mass is 226 g/mol. The van der Waals surface area contributed by atoms with Gasteiger partial charge >= 0.3 is 6.17 Å². The molecule has 0 aliphatic carbocycles. The maximum Gasteiger partial charge on any atom is 0.479 e. The molecule has 0 saturated heterocycles. The van der Waals surface area contributed by atoms with Crippen molar-refractivity contribution >= 4 is 0 Å². The smallest absolute Gasteiger partial charge is 0.363 e. The number of nitrogens with zero attached hydrogens (tertiary/aromatic N) is 2. The Labute approximate surface area is 90.9 Å². The van der Waals surface area contributed by atoms with Gasteiger partial charge in [-0.1, -0.05) is 30.3 Å². The number of methoxy groups -OCH3 is 1. The number of rotatable bonds is 5. The zero-order valence-electron chi connectivity index (χ0n) is 8.48. The molecule has 0 spiro atoms. The third-order valence-corrected chi connectivity index (χ3v) is 2.08. The van der Waals surface area contributed by atoms with E-state index in [9.17, 15) is 20.2 Å². The van der Waals surface area contributed by atoms with E-state index in [4.69, 9.17) is 4.74 Å². The molecule has 1 rings (SSSR count). The minimum atomic E-state index is -1.99. The summed E-state index contributed by atoms with van der Waals surface area (Å²) in [5, 5.41) is 21.2. The van der Waals surface area contributed by atoms with Crippen LogP contribution in [0.25, 0.3) is 0 Å². The Kier molecular flexibility index (Phi) is 3.90. The molecule has 0 heterocycles. The molecule has 0 aliphatic heterocycles. The number of hydrogen-bond donors (Lipinski definition) is 0. The van der Waals surface area contributed by atoms with Crippen LogP contribution in [0.3, 0.4) is 0 Å². The average molecular weight is 226 g/mol. The van der Waals surface area contributed by atoms with Gasteiger partial charge in [0.1, 0.15) is 0 Å². The molecule has 7 nitrogen and oxygen atoms in total. The molecular weight excluding hydrogens is 216 g/mol. The maximum absolute atomic E-state index is 10.6. The summed E-state index contributed by atoms with van der Waals surface area (Å²) < 4.78 is 4.84. The second-order valence-corrected chi connectivity index (χ2v) is 3.05. The first-order valence-electron chi connectivity index (χ1n) is 4.42.